The van der Waals surface area contributed by atoms with Crippen LogP contribution in [0.4, 0.5) is 8.78 Å². The number of alkyl halides is 1. The fourth-order valence-corrected chi connectivity index (χ4v) is 2.94. The molecule has 2 aromatic carbocycles. The van der Waals surface area contributed by atoms with Crippen LogP contribution in [0.1, 0.15) is 16.0 Å². The van der Waals surface area contributed by atoms with Gasteiger partial charge in [-0.15, -0.1) is 0 Å². The second kappa shape index (κ2) is 5.80. The summed E-state index contributed by atoms with van der Waals surface area (Å²) in [6.07, 6.45) is 0. The van der Waals surface area contributed by atoms with E-state index in [1.165, 1.54) is 6.07 Å². The monoisotopic (exact) mass is 438 g/mol. The molecule has 0 aliphatic heterocycles. The zero-order valence-electron chi connectivity index (χ0n) is 8.93. The summed E-state index contributed by atoms with van der Waals surface area (Å²) in [7, 11) is 0. The van der Waals surface area contributed by atoms with Gasteiger partial charge in [0.05, 0.1) is 9.30 Å². The first kappa shape index (κ1) is 14.2. The Morgan fingerprint density at radius 1 is 0.944 bits per heavy atom. The lowest BCUT2D eigenvalue weighted by atomic mass is 10.0. The van der Waals surface area contributed by atoms with Crippen molar-refractivity contribution in [1.29, 1.82) is 0 Å². The third-order valence-electron chi connectivity index (χ3n) is 2.45. The van der Waals surface area contributed by atoms with Crippen LogP contribution in [0.5, 0.6) is 0 Å². The first-order valence-electron chi connectivity index (χ1n) is 5.03. The Bertz CT molecular complexity index is 584. The minimum Gasteiger partial charge on any atom is -0.207 e. The molecule has 0 nitrogen and oxygen atoms in total. The average Bonchev–Trinajstić information content (AvgIpc) is 2.33. The van der Waals surface area contributed by atoms with Crippen LogP contribution < -0.4 is 0 Å². The summed E-state index contributed by atoms with van der Waals surface area (Å²) >= 11 is 9.71. The Kier molecular flexibility index (Phi) is 4.56. The van der Waals surface area contributed by atoms with Crippen LogP contribution in [0.3, 0.4) is 0 Å². The van der Waals surface area contributed by atoms with Crippen LogP contribution in [0.15, 0.2) is 45.3 Å². The lowest BCUT2D eigenvalue weighted by molar-refractivity contribution is 0.583. The molecule has 0 N–H and O–H groups in total. The molecule has 0 saturated carbocycles. The Morgan fingerprint density at radius 2 is 1.67 bits per heavy atom. The van der Waals surface area contributed by atoms with Crippen molar-refractivity contribution < 1.29 is 8.78 Å². The highest BCUT2D eigenvalue weighted by Gasteiger charge is 2.17. The number of hydrogen-bond donors (Lipinski definition) is 0. The zero-order chi connectivity index (χ0) is 13.3. The van der Waals surface area contributed by atoms with E-state index in [2.05, 4.69) is 47.8 Å². The first-order chi connectivity index (χ1) is 8.49. The van der Waals surface area contributed by atoms with Gasteiger partial charge in [0.1, 0.15) is 11.6 Å². The molecule has 2 rings (SSSR count). The topological polar surface area (TPSA) is 0 Å². The maximum absolute atomic E-state index is 13.8. The first-order valence-corrected chi connectivity index (χ1v) is 7.53. The second-order valence-corrected chi connectivity index (χ2v) is 6.39. The van der Waals surface area contributed by atoms with E-state index in [-0.39, 0.29) is 10.0 Å². The summed E-state index contributed by atoms with van der Waals surface area (Å²) in [5.74, 6) is -0.934. The predicted molar refractivity (Wildman–Crippen MR) is 79.0 cm³/mol. The Labute approximate surface area is 129 Å². The number of halogens is 5. The molecule has 0 spiro atoms. The molecular weight excluding hydrogens is 434 g/mol. The van der Waals surface area contributed by atoms with Gasteiger partial charge in [-0.1, -0.05) is 44.0 Å². The van der Waals surface area contributed by atoms with Crippen molar-refractivity contribution >= 4 is 47.8 Å². The van der Waals surface area contributed by atoms with E-state index < -0.39 is 16.5 Å². The minimum absolute atomic E-state index is 0.123. The van der Waals surface area contributed by atoms with E-state index in [4.69, 9.17) is 0 Å². The molecule has 94 valence electrons. The molecule has 0 saturated heterocycles. The number of benzene rings is 2. The van der Waals surface area contributed by atoms with Crippen LogP contribution in [-0.2, 0) is 0 Å². The van der Waals surface area contributed by atoms with Crippen molar-refractivity contribution in [3.8, 4) is 0 Å². The lowest BCUT2D eigenvalue weighted by Crippen LogP contribution is -1.98. The highest BCUT2D eigenvalue weighted by molar-refractivity contribution is 9.10. The van der Waals surface area contributed by atoms with Crippen molar-refractivity contribution in [2.24, 2.45) is 0 Å². The van der Waals surface area contributed by atoms with Crippen LogP contribution in [0, 0.1) is 11.6 Å². The molecular formula is C13H7Br3F2. The van der Waals surface area contributed by atoms with E-state index in [0.29, 0.717) is 0 Å². The molecule has 0 aromatic heterocycles. The van der Waals surface area contributed by atoms with Crippen molar-refractivity contribution in [2.45, 2.75) is 4.83 Å². The molecule has 0 bridgehead atoms. The summed E-state index contributed by atoms with van der Waals surface area (Å²) in [5, 5.41) is 0. The van der Waals surface area contributed by atoms with Gasteiger partial charge in [0.2, 0.25) is 0 Å². The molecule has 0 radical (unpaired) electrons. The summed E-state index contributed by atoms with van der Waals surface area (Å²) in [4.78, 5) is -0.391. The molecule has 2 aromatic rings. The van der Waals surface area contributed by atoms with Gasteiger partial charge >= 0.3 is 0 Å². The summed E-state index contributed by atoms with van der Waals surface area (Å²) in [6, 6.07) is 9.77. The van der Waals surface area contributed by atoms with Crippen molar-refractivity contribution in [3.05, 3.63) is 68.1 Å². The fourth-order valence-electron chi connectivity index (χ4n) is 1.58. The van der Waals surface area contributed by atoms with Gasteiger partial charge in [0, 0.05) is 10.0 Å². The largest absolute Gasteiger partial charge is 0.207 e. The molecule has 1 unspecified atom stereocenters. The van der Waals surface area contributed by atoms with Gasteiger partial charge in [-0.25, -0.2) is 8.78 Å². The normalized spacial score (nSPS) is 12.5. The Morgan fingerprint density at radius 3 is 2.33 bits per heavy atom. The maximum Gasteiger partial charge on any atom is 0.137 e. The minimum atomic E-state index is -0.481. The second-order valence-electron chi connectivity index (χ2n) is 3.71. The van der Waals surface area contributed by atoms with Gasteiger partial charge in [-0.3, -0.25) is 0 Å². The highest BCUT2D eigenvalue weighted by atomic mass is 79.9. The van der Waals surface area contributed by atoms with E-state index in [9.17, 15) is 8.78 Å². The van der Waals surface area contributed by atoms with Gasteiger partial charge in [0.25, 0.3) is 0 Å². The molecule has 0 fully saturated rings. The smallest absolute Gasteiger partial charge is 0.137 e. The van der Waals surface area contributed by atoms with E-state index >= 15 is 0 Å². The van der Waals surface area contributed by atoms with Gasteiger partial charge in [-0.2, -0.15) is 0 Å². The summed E-state index contributed by atoms with van der Waals surface area (Å²) in [6.45, 7) is 0. The van der Waals surface area contributed by atoms with Crippen molar-refractivity contribution in [3.63, 3.8) is 0 Å². The molecule has 0 amide bonds. The third kappa shape index (κ3) is 3.00. The SMILES string of the molecule is Fc1cc(C(Br)c2cccc(Br)c2)c(F)cc1Br. The zero-order valence-corrected chi connectivity index (χ0v) is 13.7. The maximum atomic E-state index is 13.8. The summed E-state index contributed by atoms with van der Waals surface area (Å²) < 4.78 is 28.3. The quantitative estimate of drug-likeness (QED) is 0.398. The number of hydrogen-bond acceptors (Lipinski definition) is 0. The van der Waals surface area contributed by atoms with Crippen molar-refractivity contribution in [2.75, 3.05) is 0 Å². The molecule has 1 atom stereocenters. The summed E-state index contributed by atoms with van der Waals surface area (Å²) in [5.41, 5.74) is 1.12. The van der Waals surface area contributed by atoms with E-state index in [1.54, 1.807) is 0 Å². The third-order valence-corrected chi connectivity index (χ3v) is 4.58. The molecule has 18 heavy (non-hydrogen) atoms. The van der Waals surface area contributed by atoms with Crippen molar-refractivity contribution in [1.82, 2.24) is 0 Å². The van der Waals surface area contributed by atoms with Crippen LogP contribution in [-0.4, -0.2) is 0 Å². The standard InChI is InChI=1S/C13H7Br3F2/c14-8-3-1-2-7(4-8)13(16)9-5-12(18)10(15)6-11(9)17/h1-6,13H. The lowest BCUT2D eigenvalue weighted by Gasteiger charge is -2.13. The van der Waals surface area contributed by atoms with Crippen LogP contribution >= 0.6 is 47.8 Å². The van der Waals surface area contributed by atoms with Gasteiger partial charge in [-0.05, 0) is 45.8 Å². The Balaban J connectivity index is 2.46. The predicted octanol–water partition coefficient (Wildman–Crippen LogP) is 5.97. The Hall–Kier alpha value is -0.260. The van der Waals surface area contributed by atoms with Gasteiger partial charge < -0.3 is 0 Å². The molecule has 5 heteroatoms. The van der Waals surface area contributed by atoms with Crippen LogP contribution in [0.2, 0.25) is 0 Å². The fraction of sp³-hybridized carbons (Fsp3) is 0.0769. The average molecular weight is 441 g/mol. The number of rotatable bonds is 2. The van der Waals surface area contributed by atoms with Gasteiger partial charge in [0.15, 0.2) is 0 Å². The molecule has 0 aliphatic rings. The van der Waals surface area contributed by atoms with E-state index in [0.717, 1.165) is 16.1 Å². The van der Waals surface area contributed by atoms with E-state index in [1.807, 2.05) is 24.3 Å². The molecule has 0 heterocycles. The van der Waals surface area contributed by atoms with Crippen LogP contribution in [0.25, 0.3) is 0 Å². The highest BCUT2D eigenvalue weighted by Crippen LogP contribution is 2.35. The molecule has 0 aliphatic carbocycles.